The van der Waals surface area contributed by atoms with Crippen molar-refractivity contribution in [2.24, 2.45) is 5.92 Å². The van der Waals surface area contributed by atoms with Gasteiger partial charge in [0.05, 0.1) is 6.61 Å². The third-order valence-electron chi connectivity index (χ3n) is 6.41. The maximum absolute atomic E-state index is 12.5. The number of benzene rings is 2. The standard InChI is InChI=1S/C29H37BrO2/c30-22-6-1-2-7-23-32-28-19-17-27(18-20-28)29(31)21-16-26-14-12-25(13-15-26)11-10-24-8-4-3-5-9-24/h12-21,24H,1-11,22-23H2. The summed E-state index contributed by atoms with van der Waals surface area (Å²) < 4.78 is 5.78. The Morgan fingerprint density at radius 2 is 1.62 bits per heavy atom. The smallest absolute Gasteiger partial charge is 0.185 e. The zero-order valence-electron chi connectivity index (χ0n) is 19.2. The average Bonchev–Trinajstić information content (AvgIpc) is 2.85. The number of ether oxygens (including phenoxy) is 1. The number of hydrogen-bond donors (Lipinski definition) is 0. The maximum Gasteiger partial charge on any atom is 0.185 e. The fourth-order valence-corrected chi connectivity index (χ4v) is 4.76. The molecule has 0 bridgehead atoms. The number of alkyl halides is 1. The van der Waals surface area contributed by atoms with Crippen molar-refractivity contribution in [1.29, 1.82) is 0 Å². The summed E-state index contributed by atoms with van der Waals surface area (Å²) in [6.45, 7) is 0.728. The Hall–Kier alpha value is -1.87. The first-order chi connectivity index (χ1) is 15.7. The largest absolute Gasteiger partial charge is 0.494 e. The van der Waals surface area contributed by atoms with Crippen LogP contribution in [0.3, 0.4) is 0 Å². The summed E-state index contributed by atoms with van der Waals surface area (Å²) in [5.41, 5.74) is 3.16. The summed E-state index contributed by atoms with van der Waals surface area (Å²) in [5.74, 6) is 1.77. The van der Waals surface area contributed by atoms with Crippen LogP contribution in [0.15, 0.2) is 54.6 Å². The highest BCUT2D eigenvalue weighted by Gasteiger charge is 2.12. The van der Waals surface area contributed by atoms with Gasteiger partial charge < -0.3 is 4.74 Å². The lowest BCUT2D eigenvalue weighted by atomic mass is 9.85. The van der Waals surface area contributed by atoms with Crippen molar-refractivity contribution in [3.63, 3.8) is 0 Å². The fourth-order valence-electron chi connectivity index (χ4n) is 4.37. The van der Waals surface area contributed by atoms with Crippen LogP contribution in [0.1, 0.15) is 85.7 Å². The molecule has 2 nitrogen and oxygen atoms in total. The quantitative estimate of drug-likeness (QED) is 0.120. The first kappa shape index (κ1) is 24.8. The molecule has 0 aromatic heterocycles. The average molecular weight is 498 g/mol. The minimum Gasteiger partial charge on any atom is -0.494 e. The molecule has 1 fully saturated rings. The Labute approximate surface area is 202 Å². The molecule has 3 heteroatoms. The normalized spacial score (nSPS) is 14.7. The molecule has 0 saturated heterocycles. The first-order valence-corrected chi connectivity index (χ1v) is 13.5. The molecule has 1 aliphatic rings. The third-order valence-corrected chi connectivity index (χ3v) is 6.97. The fraction of sp³-hybridized carbons (Fsp3) is 0.483. The molecule has 0 radical (unpaired) electrons. The Bertz CT molecular complexity index is 817. The third kappa shape index (κ3) is 8.94. The lowest BCUT2D eigenvalue weighted by Crippen LogP contribution is -2.07. The van der Waals surface area contributed by atoms with E-state index in [0.29, 0.717) is 5.56 Å². The predicted octanol–water partition coefficient (Wildman–Crippen LogP) is 8.43. The SMILES string of the molecule is O=C(C=Cc1ccc(CCC2CCCCC2)cc1)c1ccc(OCCCCCCBr)cc1. The molecule has 1 aliphatic carbocycles. The van der Waals surface area contributed by atoms with Crippen molar-refractivity contribution in [3.05, 3.63) is 71.3 Å². The van der Waals surface area contributed by atoms with Gasteiger partial charge in [-0.25, -0.2) is 0 Å². The summed E-state index contributed by atoms with van der Waals surface area (Å²) in [4.78, 5) is 12.5. The van der Waals surface area contributed by atoms with Crippen LogP contribution >= 0.6 is 15.9 Å². The Kier molecular flexibility index (Phi) is 11.1. The van der Waals surface area contributed by atoms with E-state index >= 15 is 0 Å². The highest BCUT2D eigenvalue weighted by Crippen LogP contribution is 2.27. The molecule has 172 valence electrons. The van der Waals surface area contributed by atoms with Crippen molar-refractivity contribution >= 4 is 27.8 Å². The monoisotopic (exact) mass is 496 g/mol. The van der Waals surface area contributed by atoms with E-state index in [9.17, 15) is 4.79 Å². The van der Waals surface area contributed by atoms with Gasteiger partial charge in [-0.1, -0.05) is 91.2 Å². The molecular weight excluding hydrogens is 460 g/mol. The number of allylic oxidation sites excluding steroid dienone is 1. The van der Waals surface area contributed by atoms with E-state index < -0.39 is 0 Å². The van der Waals surface area contributed by atoms with Crippen LogP contribution < -0.4 is 4.74 Å². The first-order valence-electron chi connectivity index (χ1n) is 12.3. The van der Waals surface area contributed by atoms with Crippen molar-refractivity contribution in [3.8, 4) is 5.75 Å². The second-order valence-corrected chi connectivity index (χ2v) is 9.75. The minimum atomic E-state index is 0.0210. The van der Waals surface area contributed by atoms with Crippen molar-refractivity contribution in [2.45, 2.75) is 70.6 Å². The lowest BCUT2D eigenvalue weighted by molar-refractivity contribution is 0.104. The summed E-state index contributed by atoms with van der Waals surface area (Å²) >= 11 is 3.46. The zero-order chi connectivity index (χ0) is 22.4. The molecule has 0 N–H and O–H groups in total. The van der Waals surface area contributed by atoms with Gasteiger partial charge in [-0.15, -0.1) is 0 Å². The van der Waals surface area contributed by atoms with Gasteiger partial charge in [-0.2, -0.15) is 0 Å². The van der Waals surface area contributed by atoms with Crippen molar-refractivity contribution in [2.75, 3.05) is 11.9 Å². The van der Waals surface area contributed by atoms with Crippen LogP contribution in [0, 0.1) is 5.92 Å². The van der Waals surface area contributed by atoms with Crippen LogP contribution in [-0.4, -0.2) is 17.7 Å². The number of ketones is 1. The number of halogens is 1. The number of aryl methyl sites for hydroxylation is 1. The van der Waals surface area contributed by atoms with Gasteiger partial charge in [0.15, 0.2) is 5.78 Å². The zero-order valence-corrected chi connectivity index (χ0v) is 20.8. The van der Waals surface area contributed by atoms with E-state index in [0.717, 1.165) is 35.6 Å². The number of carbonyl (C=O) groups is 1. The molecule has 0 unspecified atom stereocenters. The van der Waals surface area contributed by atoms with Gasteiger partial charge in [-0.05, 0) is 73.1 Å². The Morgan fingerprint density at radius 1 is 0.906 bits per heavy atom. The molecule has 0 aliphatic heterocycles. The van der Waals surface area contributed by atoms with E-state index in [-0.39, 0.29) is 5.78 Å². The molecule has 0 heterocycles. The number of unbranched alkanes of at least 4 members (excludes halogenated alkanes) is 3. The molecule has 3 rings (SSSR count). The highest BCUT2D eigenvalue weighted by atomic mass is 79.9. The van der Waals surface area contributed by atoms with E-state index in [2.05, 4.69) is 40.2 Å². The Morgan fingerprint density at radius 3 is 2.34 bits per heavy atom. The molecule has 1 saturated carbocycles. The van der Waals surface area contributed by atoms with E-state index in [1.807, 2.05) is 30.3 Å². The Balaban J connectivity index is 1.41. The van der Waals surface area contributed by atoms with Gasteiger partial charge in [-0.3, -0.25) is 4.79 Å². The van der Waals surface area contributed by atoms with E-state index in [1.165, 1.54) is 69.8 Å². The summed E-state index contributed by atoms with van der Waals surface area (Å²) in [5, 5.41) is 1.07. The van der Waals surface area contributed by atoms with Gasteiger partial charge in [0.1, 0.15) is 5.75 Å². The van der Waals surface area contributed by atoms with Crippen molar-refractivity contribution < 1.29 is 9.53 Å². The van der Waals surface area contributed by atoms with E-state index in [1.54, 1.807) is 6.08 Å². The highest BCUT2D eigenvalue weighted by molar-refractivity contribution is 9.09. The second kappa shape index (κ2) is 14.3. The van der Waals surface area contributed by atoms with Gasteiger partial charge in [0.25, 0.3) is 0 Å². The summed E-state index contributed by atoms with van der Waals surface area (Å²) in [7, 11) is 0. The molecule has 2 aromatic carbocycles. The molecule has 32 heavy (non-hydrogen) atoms. The van der Waals surface area contributed by atoms with Gasteiger partial charge >= 0.3 is 0 Å². The number of carbonyl (C=O) groups excluding carboxylic acids is 1. The van der Waals surface area contributed by atoms with Crippen LogP contribution in [-0.2, 0) is 6.42 Å². The van der Waals surface area contributed by atoms with Gasteiger partial charge in [0.2, 0.25) is 0 Å². The summed E-state index contributed by atoms with van der Waals surface area (Å²) in [6.07, 6.45) is 17.8. The minimum absolute atomic E-state index is 0.0210. The molecule has 2 aromatic rings. The molecule has 0 spiro atoms. The van der Waals surface area contributed by atoms with E-state index in [4.69, 9.17) is 4.74 Å². The van der Waals surface area contributed by atoms with Crippen LogP contribution in [0.4, 0.5) is 0 Å². The lowest BCUT2D eigenvalue weighted by Gasteiger charge is -2.21. The predicted molar refractivity (Wildman–Crippen MR) is 139 cm³/mol. The topological polar surface area (TPSA) is 26.3 Å². The molecular formula is C29H37BrO2. The van der Waals surface area contributed by atoms with Gasteiger partial charge in [0, 0.05) is 10.9 Å². The summed E-state index contributed by atoms with van der Waals surface area (Å²) in [6, 6.07) is 16.1. The van der Waals surface area contributed by atoms with Crippen LogP contribution in [0.2, 0.25) is 0 Å². The number of hydrogen-bond acceptors (Lipinski definition) is 2. The number of rotatable bonds is 13. The maximum atomic E-state index is 12.5. The van der Waals surface area contributed by atoms with Crippen LogP contribution in [0.5, 0.6) is 5.75 Å². The van der Waals surface area contributed by atoms with Crippen LogP contribution in [0.25, 0.3) is 6.08 Å². The van der Waals surface area contributed by atoms with Crippen molar-refractivity contribution in [1.82, 2.24) is 0 Å². The second-order valence-electron chi connectivity index (χ2n) is 8.96. The molecule has 0 amide bonds. The molecule has 0 atom stereocenters.